The van der Waals surface area contributed by atoms with E-state index in [-0.39, 0.29) is 5.91 Å². The van der Waals surface area contributed by atoms with E-state index in [1.54, 1.807) is 7.11 Å². The summed E-state index contributed by atoms with van der Waals surface area (Å²) < 4.78 is 5.27. The van der Waals surface area contributed by atoms with Gasteiger partial charge >= 0.3 is 0 Å². The third-order valence-corrected chi connectivity index (χ3v) is 5.51. The van der Waals surface area contributed by atoms with Gasteiger partial charge < -0.3 is 19.4 Å². The monoisotopic (exact) mass is 345 g/mol. The number of nitrogens with zero attached hydrogens (tertiary/aromatic N) is 3. The second kappa shape index (κ2) is 8.68. The molecule has 2 fully saturated rings. The van der Waals surface area contributed by atoms with Crippen molar-refractivity contribution in [2.24, 2.45) is 5.92 Å². The Morgan fingerprint density at radius 2 is 1.84 bits per heavy atom. The molecule has 25 heavy (non-hydrogen) atoms. The highest BCUT2D eigenvalue weighted by molar-refractivity contribution is 5.94. The summed E-state index contributed by atoms with van der Waals surface area (Å²) in [5.74, 6) is 0.625. The first-order valence-electron chi connectivity index (χ1n) is 9.57. The van der Waals surface area contributed by atoms with Crippen LogP contribution in [0.2, 0.25) is 0 Å². The molecule has 5 heteroatoms. The number of hydrogen-bond donors (Lipinski definition) is 0. The molecular formula is C20H31N3O2. The molecule has 3 rings (SSSR count). The number of ether oxygens (including phenoxy) is 1. The first-order chi connectivity index (χ1) is 12.2. The second-order valence-corrected chi connectivity index (χ2v) is 7.18. The van der Waals surface area contributed by atoms with E-state index in [4.69, 9.17) is 4.74 Å². The van der Waals surface area contributed by atoms with E-state index in [2.05, 4.69) is 28.9 Å². The first-order valence-corrected chi connectivity index (χ1v) is 9.57. The minimum Gasteiger partial charge on any atom is -0.384 e. The van der Waals surface area contributed by atoms with Crippen LogP contribution in [0.1, 0.15) is 30.1 Å². The van der Waals surface area contributed by atoms with Crippen LogP contribution < -0.4 is 4.90 Å². The van der Waals surface area contributed by atoms with Gasteiger partial charge in [-0.15, -0.1) is 0 Å². The van der Waals surface area contributed by atoms with E-state index < -0.39 is 0 Å². The summed E-state index contributed by atoms with van der Waals surface area (Å²) in [6, 6.07) is 8.18. The van der Waals surface area contributed by atoms with Gasteiger partial charge in [0.25, 0.3) is 5.91 Å². The molecule has 0 radical (unpaired) electrons. The Morgan fingerprint density at radius 1 is 1.12 bits per heavy atom. The van der Waals surface area contributed by atoms with Crippen molar-refractivity contribution in [1.82, 2.24) is 9.80 Å². The number of benzene rings is 1. The second-order valence-electron chi connectivity index (χ2n) is 7.18. The molecule has 1 amide bonds. The first kappa shape index (κ1) is 18.2. The van der Waals surface area contributed by atoms with E-state index in [0.717, 1.165) is 70.8 Å². The van der Waals surface area contributed by atoms with E-state index in [0.29, 0.717) is 5.92 Å². The average Bonchev–Trinajstić information content (AvgIpc) is 2.68. The lowest BCUT2D eigenvalue weighted by Crippen LogP contribution is -2.46. The van der Waals surface area contributed by atoms with E-state index >= 15 is 0 Å². The molecule has 1 aromatic carbocycles. The van der Waals surface area contributed by atoms with Crippen LogP contribution >= 0.6 is 0 Å². The number of rotatable bonds is 5. The number of likely N-dealkylation sites (tertiary alicyclic amines) is 1. The zero-order valence-corrected chi connectivity index (χ0v) is 15.6. The lowest BCUT2D eigenvalue weighted by Gasteiger charge is -2.35. The highest BCUT2D eigenvalue weighted by atomic mass is 16.5. The van der Waals surface area contributed by atoms with Crippen LogP contribution in [0.25, 0.3) is 0 Å². The fourth-order valence-corrected chi connectivity index (χ4v) is 3.94. The van der Waals surface area contributed by atoms with Crippen molar-refractivity contribution in [1.29, 1.82) is 0 Å². The summed E-state index contributed by atoms with van der Waals surface area (Å²) in [5.41, 5.74) is 2.03. The third kappa shape index (κ3) is 4.53. The number of amides is 1. The van der Waals surface area contributed by atoms with Crippen molar-refractivity contribution in [3.63, 3.8) is 0 Å². The van der Waals surface area contributed by atoms with E-state index in [1.165, 1.54) is 5.69 Å². The molecule has 0 spiro atoms. The summed E-state index contributed by atoms with van der Waals surface area (Å²) in [5, 5.41) is 0. The SMILES string of the molecule is CCN1CCN(c2ccc(C(=O)N3CCC[C@@H](COC)C3)cc2)CC1. The fraction of sp³-hybridized carbons (Fsp3) is 0.650. The molecule has 2 heterocycles. The predicted molar refractivity (Wildman–Crippen MR) is 101 cm³/mol. The van der Waals surface area contributed by atoms with Crippen molar-refractivity contribution >= 4 is 11.6 Å². The zero-order valence-electron chi connectivity index (χ0n) is 15.6. The van der Waals surface area contributed by atoms with Gasteiger partial charge in [-0.25, -0.2) is 0 Å². The number of piperazine rings is 1. The van der Waals surface area contributed by atoms with Crippen LogP contribution in [-0.4, -0.2) is 75.2 Å². The number of piperidine rings is 1. The van der Waals surface area contributed by atoms with Crippen molar-refractivity contribution in [2.45, 2.75) is 19.8 Å². The topological polar surface area (TPSA) is 36.0 Å². The van der Waals surface area contributed by atoms with Gasteiger partial charge in [0.1, 0.15) is 0 Å². The smallest absolute Gasteiger partial charge is 0.253 e. The number of methoxy groups -OCH3 is 1. The average molecular weight is 345 g/mol. The highest BCUT2D eigenvalue weighted by Crippen LogP contribution is 2.21. The third-order valence-electron chi connectivity index (χ3n) is 5.51. The maximum atomic E-state index is 12.8. The minimum absolute atomic E-state index is 0.156. The van der Waals surface area contributed by atoms with Crippen molar-refractivity contribution < 1.29 is 9.53 Å². The maximum Gasteiger partial charge on any atom is 0.253 e. The van der Waals surface area contributed by atoms with Gasteiger partial charge in [-0.3, -0.25) is 4.79 Å². The Kier molecular flexibility index (Phi) is 6.32. The molecule has 1 aromatic rings. The number of anilines is 1. The molecule has 0 aliphatic carbocycles. The van der Waals surface area contributed by atoms with Gasteiger partial charge in [0, 0.05) is 57.6 Å². The molecule has 2 saturated heterocycles. The largest absolute Gasteiger partial charge is 0.384 e. The number of carbonyl (C=O) groups excluding carboxylic acids is 1. The number of likely N-dealkylation sites (N-methyl/N-ethyl adjacent to an activating group) is 1. The van der Waals surface area contributed by atoms with Crippen LogP contribution in [0.3, 0.4) is 0 Å². The molecule has 1 atom stereocenters. The van der Waals surface area contributed by atoms with Gasteiger partial charge in [-0.1, -0.05) is 6.92 Å². The predicted octanol–water partition coefficient (Wildman–Crippen LogP) is 2.33. The maximum absolute atomic E-state index is 12.8. The molecule has 5 nitrogen and oxygen atoms in total. The highest BCUT2D eigenvalue weighted by Gasteiger charge is 2.24. The van der Waals surface area contributed by atoms with Gasteiger partial charge in [0.2, 0.25) is 0 Å². The summed E-state index contributed by atoms with van der Waals surface area (Å²) in [7, 11) is 1.74. The molecule has 0 saturated carbocycles. The molecule has 0 unspecified atom stereocenters. The van der Waals surface area contributed by atoms with Crippen molar-refractivity contribution in [2.75, 3.05) is 64.4 Å². The van der Waals surface area contributed by atoms with Gasteiger partial charge in [-0.05, 0) is 49.6 Å². The molecule has 2 aliphatic heterocycles. The lowest BCUT2D eigenvalue weighted by atomic mass is 9.98. The zero-order chi connectivity index (χ0) is 17.6. The Balaban J connectivity index is 1.59. The summed E-state index contributed by atoms with van der Waals surface area (Å²) in [6.45, 7) is 10.1. The standard InChI is InChI=1S/C20H31N3O2/c1-3-21-11-13-22(14-12-21)19-8-6-18(7-9-19)20(24)23-10-4-5-17(15-23)16-25-2/h6-9,17H,3-5,10-16H2,1-2H3/t17-/m1/s1. The quantitative estimate of drug-likeness (QED) is 0.821. The number of hydrogen-bond acceptors (Lipinski definition) is 4. The Hall–Kier alpha value is -1.59. The van der Waals surface area contributed by atoms with Crippen LogP contribution in [0.15, 0.2) is 24.3 Å². The molecule has 2 aliphatic rings. The molecular weight excluding hydrogens is 314 g/mol. The molecule has 0 bridgehead atoms. The van der Waals surface area contributed by atoms with Crippen LogP contribution in [0.4, 0.5) is 5.69 Å². The van der Waals surface area contributed by atoms with E-state index in [1.807, 2.05) is 17.0 Å². The van der Waals surface area contributed by atoms with E-state index in [9.17, 15) is 4.79 Å². The molecule has 138 valence electrons. The van der Waals surface area contributed by atoms with Gasteiger partial charge in [0.15, 0.2) is 0 Å². The summed E-state index contributed by atoms with van der Waals surface area (Å²) >= 11 is 0. The Morgan fingerprint density at radius 3 is 2.48 bits per heavy atom. The minimum atomic E-state index is 0.156. The normalized spacial score (nSPS) is 22.2. The molecule has 0 N–H and O–H groups in total. The molecule has 0 aromatic heterocycles. The van der Waals surface area contributed by atoms with Crippen LogP contribution in [0, 0.1) is 5.92 Å². The van der Waals surface area contributed by atoms with Gasteiger partial charge in [-0.2, -0.15) is 0 Å². The van der Waals surface area contributed by atoms with Crippen molar-refractivity contribution in [3.05, 3.63) is 29.8 Å². The van der Waals surface area contributed by atoms with Crippen molar-refractivity contribution in [3.8, 4) is 0 Å². The van der Waals surface area contributed by atoms with Gasteiger partial charge in [0.05, 0.1) is 6.61 Å². The fourth-order valence-electron chi connectivity index (χ4n) is 3.94. The summed E-state index contributed by atoms with van der Waals surface area (Å²) in [4.78, 5) is 19.7. The number of carbonyl (C=O) groups is 1. The van der Waals surface area contributed by atoms with Crippen LogP contribution in [-0.2, 0) is 4.74 Å². The lowest BCUT2D eigenvalue weighted by molar-refractivity contribution is 0.0571. The Labute approximate surface area is 151 Å². The Bertz CT molecular complexity index is 551. The summed E-state index contributed by atoms with van der Waals surface area (Å²) in [6.07, 6.45) is 2.22. The van der Waals surface area contributed by atoms with Crippen LogP contribution in [0.5, 0.6) is 0 Å².